The highest BCUT2D eigenvalue weighted by atomic mass is 16.2. The van der Waals surface area contributed by atoms with Crippen LogP contribution < -0.4 is 5.32 Å². The summed E-state index contributed by atoms with van der Waals surface area (Å²) in [7, 11) is 0. The van der Waals surface area contributed by atoms with E-state index in [0.29, 0.717) is 32.5 Å². The normalized spacial score (nSPS) is 17.4. The molecule has 0 spiro atoms. The second kappa shape index (κ2) is 9.56. The fraction of sp³-hybridized carbons (Fsp3) is 0.600. The first kappa shape index (κ1) is 19.4. The van der Waals surface area contributed by atoms with Crippen LogP contribution >= 0.6 is 0 Å². The molecule has 1 N–H and O–H groups in total. The molecule has 1 saturated heterocycles. The van der Waals surface area contributed by atoms with Crippen molar-refractivity contribution in [2.75, 3.05) is 32.7 Å². The van der Waals surface area contributed by atoms with Gasteiger partial charge in [0.05, 0.1) is 6.04 Å². The van der Waals surface area contributed by atoms with Crippen molar-refractivity contribution in [3.05, 3.63) is 35.4 Å². The molecule has 1 unspecified atom stereocenters. The van der Waals surface area contributed by atoms with Crippen LogP contribution in [-0.4, -0.2) is 54.3 Å². The summed E-state index contributed by atoms with van der Waals surface area (Å²) in [6, 6.07) is 8.57. The maximum atomic E-state index is 12.7. The lowest BCUT2D eigenvalue weighted by Gasteiger charge is -2.37. The minimum atomic E-state index is 0.0516. The van der Waals surface area contributed by atoms with Crippen LogP contribution in [0.2, 0.25) is 0 Å². The first-order valence-electron chi connectivity index (χ1n) is 9.47. The van der Waals surface area contributed by atoms with E-state index in [4.69, 9.17) is 0 Å². The lowest BCUT2D eigenvalue weighted by molar-refractivity contribution is -0.138. The summed E-state index contributed by atoms with van der Waals surface area (Å²) in [5.41, 5.74) is 2.46. The van der Waals surface area contributed by atoms with Crippen LogP contribution in [0.5, 0.6) is 0 Å². The van der Waals surface area contributed by atoms with E-state index in [2.05, 4.69) is 36.5 Å². The van der Waals surface area contributed by atoms with Crippen molar-refractivity contribution >= 4 is 11.8 Å². The van der Waals surface area contributed by atoms with Gasteiger partial charge in [0.15, 0.2) is 0 Å². The Hall–Kier alpha value is -1.88. The van der Waals surface area contributed by atoms with Crippen molar-refractivity contribution in [2.24, 2.45) is 0 Å². The molecular weight excluding hydrogens is 314 g/mol. The number of nitrogens with zero attached hydrogens (tertiary/aromatic N) is 2. The van der Waals surface area contributed by atoms with Gasteiger partial charge in [-0.05, 0) is 31.4 Å². The number of carbonyl (C=O) groups excluding carboxylic acids is 2. The fourth-order valence-corrected chi connectivity index (χ4v) is 3.37. The van der Waals surface area contributed by atoms with Gasteiger partial charge in [0.1, 0.15) is 0 Å². The number of rotatable bonds is 7. The van der Waals surface area contributed by atoms with Gasteiger partial charge in [-0.2, -0.15) is 0 Å². The number of benzene rings is 1. The van der Waals surface area contributed by atoms with Gasteiger partial charge in [-0.25, -0.2) is 0 Å². The zero-order chi connectivity index (χ0) is 18.2. The minimum absolute atomic E-state index is 0.0516. The van der Waals surface area contributed by atoms with Crippen molar-refractivity contribution in [2.45, 2.75) is 46.1 Å². The van der Waals surface area contributed by atoms with E-state index in [1.165, 1.54) is 5.56 Å². The van der Waals surface area contributed by atoms with Gasteiger partial charge in [-0.1, -0.05) is 31.2 Å². The number of amides is 2. The van der Waals surface area contributed by atoms with Crippen LogP contribution in [-0.2, 0) is 16.0 Å². The van der Waals surface area contributed by atoms with Crippen LogP contribution in [0, 0.1) is 0 Å². The Morgan fingerprint density at radius 2 is 1.80 bits per heavy atom. The Balaban J connectivity index is 2.01. The highest BCUT2D eigenvalue weighted by Gasteiger charge is 2.28. The lowest BCUT2D eigenvalue weighted by Crippen LogP contribution is -2.48. The van der Waals surface area contributed by atoms with Crippen LogP contribution in [0.4, 0.5) is 0 Å². The Morgan fingerprint density at radius 3 is 2.40 bits per heavy atom. The highest BCUT2D eigenvalue weighted by Crippen LogP contribution is 2.24. The molecule has 5 heteroatoms. The molecule has 0 saturated carbocycles. The molecule has 1 aliphatic heterocycles. The molecule has 1 atom stereocenters. The average Bonchev–Trinajstić information content (AvgIpc) is 2.67. The number of hydrogen-bond acceptors (Lipinski definition) is 3. The van der Waals surface area contributed by atoms with Crippen LogP contribution in [0.25, 0.3) is 0 Å². The molecule has 2 amide bonds. The Kier molecular flexibility index (Phi) is 7.44. The Labute approximate surface area is 151 Å². The Morgan fingerprint density at radius 1 is 1.12 bits per heavy atom. The smallest absolute Gasteiger partial charge is 0.223 e. The molecule has 1 aliphatic rings. The molecule has 1 aromatic carbocycles. The average molecular weight is 345 g/mol. The summed E-state index contributed by atoms with van der Waals surface area (Å²) >= 11 is 0. The lowest BCUT2D eigenvalue weighted by atomic mass is 10.0. The summed E-state index contributed by atoms with van der Waals surface area (Å²) < 4.78 is 0. The van der Waals surface area contributed by atoms with Crippen LogP contribution in [0.1, 0.15) is 50.8 Å². The van der Waals surface area contributed by atoms with Gasteiger partial charge >= 0.3 is 0 Å². The van der Waals surface area contributed by atoms with Gasteiger partial charge in [0, 0.05) is 45.6 Å². The first-order chi connectivity index (χ1) is 12.1. The molecule has 25 heavy (non-hydrogen) atoms. The topological polar surface area (TPSA) is 52.7 Å². The third-order valence-corrected chi connectivity index (χ3v) is 5.01. The maximum Gasteiger partial charge on any atom is 0.223 e. The van der Waals surface area contributed by atoms with E-state index >= 15 is 0 Å². The van der Waals surface area contributed by atoms with E-state index in [1.54, 1.807) is 4.90 Å². The van der Waals surface area contributed by atoms with E-state index in [-0.39, 0.29) is 17.9 Å². The molecule has 1 aromatic rings. The molecule has 2 rings (SSSR count). The molecule has 1 heterocycles. The van der Waals surface area contributed by atoms with Crippen molar-refractivity contribution < 1.29 is 9.59 Å². The molecule has 0 radical (unpaired) electrons. The SMILES string of the molecule is CCc1ccc(C2CNCCN2C(=O)CCC(=O)N(CC)CC)cc1. The number of carbonyl (C=O) groups is 2. The van der Waals surface area contributed by atoms with E-state index < -0.39 is 0 Å². The number of nitrogens with one attached hydrogen (secondary N) is 1. The minimum Gasteiger partial charge on any atom is -0.343 e. The Bertz CT molecular complexity index is 567. The van der Waals surface area contributed by atoms with Crippen molar-refractivity contribution in [1.82, 2.24) is 15.1 Å². The van der Waals surface area contributed by atoms with Gasteiger partial charge in [0.25, 0.3) is 0 Å². The largest absolute Gasteiger partial charge is 0.343 e. The number of hydrogen-bond donors (Lipinski definition) is 1. The predicted molar refractivity (Wildman–Crippen MR) is 100 cm³/mol. The molecular formula is C20H31N3O2. The number of piperazine rings is 1. The highest BCUT2D eigenvalue weighted by molar-refractivity contribution is 5.84. The summed E-state index contributed by atoms with van der Waals surface area (Å²) in [4.78, 5) is 28.6. The molecule has 0 bridgehead atoms. The molecule has 1 fully saturated rings. The monoisotopic (exact) mass is 345 g/mol. The van der Waals surface area contributed by atoms with Gasteiger partial charge in [-0.3, -0.25) is 9.59 Å². The quantitative estimate of drug-likeness (QED) is 0.825. The maximum absolute atomic E-state index is 12.7. The fourth-order valence-electron chi connectivity index (χ4n) is 3.37. The molecule has 138 valence electrons. The van der Waals surface area contributed by atoms with E-state index in [1.807, 2.05) is 18.7 Å². The third kappa shape index (κ3) is 5.05. The first-order valence-corrected chi connectivity index (χ1v) is 9.47. The number of aryl methyl sites for hydroxylation is 1. The van der Waals surface area contributed by atoms with Crippen LogP contribution in [0.3, 0.4) is 0 Å². The van der Waals surface area contributed by atoms with E-state index in [0.717, 1.165) is 25.1 Å². The van der Waals surface area contributed by atoms with Gasteiger partial charge < -0.3 is 15.1 Å². The zero-order valence-corrected chi connectivity index (χ0v) is 15.8. The predicted octanol–water partition coefficient (Wildman–Crippen LogP) is 2.37. The second-order valence-corrected chi connectivity index (χ2v) is 6.47. The van der Waals surface area contributed by atoms with Gasteiger partial charge in [0.2, 0.25) is 11.8 Å². The molecule has 0 aliphatic carbocycles. The van der Waals surface area contributed by atoms with Crippen molar-refractivity contribution in [1.29, 1.82) is 0 Å². The van der Waals surface area contributed by atoms with E-state index in [9.17, 15) is 9.59 Å². The summed E-state index contributed by atoms with van der Waals surface area (Å²) in [5, 5.41) is 3.38. The van der Waals surface area contributed by atoms with Crippen molar-refractivity contribution in [3.8, 4) is 0 Å². The summed E-state index contributed by atoms with van der Waals surface area (Å²) in [6.07, 6.45) is 1.60. The zero-order valence-electron chi connectivity index (χ0n) is 15.8. The molecule has 0 aromatic heterocycles. The van der Waals surface area contributed by atoms with Gasteiger partial charge in [-0.15, -0.1) is 0 Å². The standard InChI is InChI=1S/C20H31N3O2/c1-4-16-7-9-17(10-8-16)18-15-21-13-14-23(18)20(25)12-11-19(24)22(5-2)6-3/h7-10,18,21H,4-6,11-15H2,1-3H3. The summed E-state index contributed by atoms with van der Waals surface area (Å²) in [6.45, 7) is 9.73. The summed E-state index contributed by atoms with van der Waals surface area (Å²) in [5.74, 6) is 0.143. The van der Waals surface area contributed by atoms with Crippen molar-refractivity contribution in [3.63, 3.8) is 0 Å². The second-order valence-electron chi connectivity index (χ2n) is 6.47. The third-order valence-electron chi connectivity index (χ3n) is 5.01. The molecule has 5 nitrogen and oxygen atoms in total. The van der Waals surface area contributed by atoms with Crippen LogP contribution in [0.15, 0.2) is 24.3 Å².